The molecule has 1 aliphatic heterocycles. The van der Waals surface area contributed by atoms with Gasteiger partial charge in [0, 0.05) is 0 Å². The minimum absolute atomic E-state index is 0.118. The van der Waals surface area contributed by atoms with Crippen LogP contribution in [0, 0.1) is 0 Å². The molecular weight excluding hydrogens is 170 g/mol. The van der Waals surface area contributed by atoms with E-state index in [1.807, 2.05) is 32.7 Å². The number of nitrogens with zero attached hydrogens (tertiary/aromatic N) is 1. The second-order valence-corrected chi connectivity index (χ2v) is 3.85. The fraction of sp³-hybridized carbons (Fsp3) is 0.889. The van der Waals surface area contributed by atoms with E-state index >= 15 is 0 Å². The van der Waals surface area contributed by atoms with E-state index in [1.165, 1.54) is 7.11 Å². The summed E-state index contributed by atoms with van der Waals surface area (Å²) in [6.45, 7) is 5.76. The van der Waals surface area contributed by atoms with Crippen LogP contribution >= 0.6 is 0 Å². The average molecular weight is 187 g/mol. The third kappa shape index (κ3) is 1.69. The molecule has 1 heterocycles. The first-order valence-electron chi connectivity index (χ1n) is 4.38. The van der Waals surface area contributed by atoms with Gasteiger partial charge in [-0.3, -0.25) is 9.69 Å². The second-order valence-electron chi connectivity index (χ2n) is 3.85. The van der Waals surface area contributed by atoms with E-state index in [2.05, 4.69) is 0 Å². The summed E-state index contributed by atoms with van der Waals surface area (Å²) < 4.78 is 10.3. The summed E-state index contributed by atoms with van der Waals surface area (Å²) in [5.74, 6) is -0.236. The van der Waals surface area contributed by atoms with Crippen molar-refractivity contribution in [2.24, 2.45) is 0 Å². The van der Waals surface area contributed by atoms with Crippen LogP contribution in [0.15, 0.2) is 0 Å². The van der Waals surface area contributed by atoms with Crippen molar-refractivity contribution < 1.29 is 14.3 Å². The van der Waals surface area contributed by atoms with Crippen LogP contribution in [-0.4, -0.2) is 42.9 Å². The van der Waals surface area contributed by atoms with Crippen LogP contribution in [-0.2, 0) is 14.3 Å². The molecule has 0 aromatic heterocycles. The zero-order valence-electron chi connectivity index (χ0n) is 8.83. The maximum absolute atomic E-state index is 11.4. The number of carbonyl (C=O) groups excluding carboxylic acids is 1. The van der Waals surface area contributed by atoms with Crippen LogP contribution in [0.2, 0.25) is 0 Å². The van der Waals surface area contributed by atoms with Crippen LogP contribution < -0.4 is 0 Å². The largest absolute Gasteiger partial charge is 0.468 e. The Morgan fingerprint density at radius 1 is 1.54 bits per heavy atom. The summed E-state index contributed by atoms with van der Waals surface area (Å²) in [6.07, 6.45) is -0.118. The number of likely N-dealkylation sites (N-methyl/N-ethyl adjacent to an activating group) is 1. The molecule has 0 radical (unpaired) electrons. The predicted octanol–water partition coefficient (Wildman–Crippen LogP) is 0.615. The molecule has 1 saturated heterocycles. The molecule has 0 unspecified atom stereocenters. The molecule has 0 aromatic carbocycles. The predicted molar refractivity (Wildman–Crippen MR) is 48.2 cm³/mol. The van der Waals surface area contributed by atoms with Gasteiger partial charge in [0.1, 0.15) is 11.8 Å². The van der Waals surface area contributed by atoms with Crippen molar-refractivity contribution in [2.75, 3.05) is 14.2 Å². The molecule has 0 aromatic rings. The first kappa shape index (κ1) is 10.5. The molecule has 4 heteroatoms. The Hall–Kier alpha value is -0.610. The number of carbonyl (C=O) groups is 1. The van der Waals surface area contributed by atoms with Gasteiger partial charge in [0.25, 0.3) is 0 Å². The van der Waals surface area contributed by atoms with E-state index in [1.54, 1.807) is 0 Å². The summed E-state index contributed by atoms with van der Waals surface area (Å²) in [7, 11) is 3.26. The van der Waals surface area contributed by atoms with E-state index in [9.17, 15) is 4.79 Å². The van der Waals surface area contributed by atoms with Crippen LogP contribution in [0.5, 0.6) is 0 Å². The SMILES string of the molecule is COC(=O)[C@H]1[C@@H](C)OC(C)(C)N1C. The van der Waals surface area contributed by atoms with E-state index in [0.717, 1.165) is 0 Å². The smallest absolute Gasteiger partial charge is 0.325 e. The van der Waals surface area contributed by atoms with Gasteiger partial charge in [-0.1, -0.05) is 0 Å². The molecule has 0 N–H and O–H groups in total. The van der Waals surface area contributed by atoms with Gasteiger partial charge in [-0.25, -0.2) is 0 Å². The Labute approximate surface area is 78.8 Å². The quantitative estimate of drug-likeness (QED) is 0.564. The summed E-state index contributed by atoms with van der Waals surface area (Å²) in [6, 6.07) is -0.292. The lowest BCUT2D eigenvalue weighted by Crippen LogP contribution is -2.45. The molecule has 0 aliphatic carbocycles. The molecule has 76 valence electrons. The number of esters is 1. The number of hydrogen-bond donors (Lipinski definition) is 0. The van der Waals surface area contributed by atoms with E-state index < -0.39 is 5.72 Å². The molecule has 1 fully saturated rings. The van der Waals surface area contributed by atoms with E-state index in [0.29, 0.717) is 0 Å². The lowest BCUT2D eigenvalue weighted by atomic mass is 10.1. The van der Waals surface area contributed by atoms with Crippen molar-refractivity contribution in [3.8, 4) is 0 Å². The van der Waals surface area contributed by atoms with Crippen LogP contribution in [0.1, 0.15) is 20.8 Å². The van der Waals surface area contributed by atoms with Crippen molar-refractivity contribution in [3.63, 3.8) is 0 Å². The molecule has 1 aliphatic rings. The van der Waals surface area contributed by atoms with Gasteiger partial charge >= 0.3 is 5.97 Å². The maximum atomic E-state index is 11.4. The van der Waals surface area contributed by atoms with Crippen molar-refractivity contribution in [3.05, 3.63) is 0 Å². The van der Waals surface area contributed by atoms with Crippen LogP contribution in [0.3, 0.4) is 0 Å². The minimum atomic E-state index is -0.391. The topological polar surface area (TPSA) is 38.8 Å². The van der Waals surface area contributed by atoms with Crippen molar-refractivity contribution in [2.45, 2.75) is 38.6 Å². The van der Waals surface area contributed by atoms with Crippen molar-refractivity contribution in [1.29, 1.82) is 0 Å². The van der Waals surface area contributed by atoms with Crippen molar-refractivity contribution >= 4 is 5.97 Å². The highest BCUT2D eigenvalue weighted by Gasteiger charge is 2.47. The number of rotatable bonds is 1. The summed E-state index contributed by atoms with van der Waals surface area (Å²) >= 11 is 0. The van der Waals surface area contributed by atoms with Gasteiger partial charge in [-0.2, -0.15) is 0 Å². The van der Waals surface area contributed by atoms with Gasteiger partial charge in [-0.05, 0) is 27.8 Å². The molecule has 13 heavy (non-hydrogen) atoms. The van der Waals surface area contributed by atoms with Gasteiger partial charge in [0.15, 0.2) is 0 Å². The third-order valence-electron chi connectivity index (χ3n) is 2.63. The Kier molecular flexibility index (Phi) is 2.63. The van der Waals surface area contributed by atoms with Gasteiger partial charge in [0.2, 0.25) is 0 Å². The zero-order valence-corrected chi connectivity index (χ0v) is 8.83. The van der Waals surface area contributed by atoms with Gasteiger partial charge in [0.05, 0.1) is 13.2 Å². The number of hydrogen-bond acceptors (Lipinski definition) is 4. The second kappa shape index (κ2) is 3.27. The highest BCUT2D eigenvalue weighted by molar-refractivity contribution is 5.76. The molecule has 0 spiro atoms. The van der Waals surface area contributed by atoms with Crippen LogP contribution in [0.25, 0.3) is 0 Å². The lowest BCUT2D eigenvalue weighted by molar-refractivity contribution is -0.146. The summed E-state index contributed by atoms with van der Waals surface area (Å²) in [5.41, 5.74) is -0.391. The molecule has 4 nitrogen and oxygen atoms in total. The van der Waals surface area contributed by atoms with Gasteiger partial charge in [-0.15, -0.1) is 0 Å². The highest BCUT2D eigenvalue weighted by Crippen LogP contribution is 2.30. The van der Waals surface area contributed by atoms with E-state index in [4.69, 9.17) is 9.47 Å². The monoisotopic (exact) mass is 187 g/mol. The lowest BCUT2D eigenvalue weighted by Gasteiger charge is -2.28. The minimum Gasteiger partial charge on any atom is -0.468 e. The summed E-state index contributed by atoms with van der Waals surface area (Å²) in [4.78, 5) is 13.3. The standard InChI is InChI=1S/C9H17NO3/c1-6-7(8(11)12-5)10(4)9(2,3)13-6/h6-7H,1-5H3/t6-,7-/m1/s1. The maximum Gasteiger partial charge on any atom is 0.325 e. The molecular formula is C9H17NO3. The molecule has 2 atom stereocenters. The first-order chi connectivity index (χ1) is 5.90. The Morgan fingerprint density at radius 2 is 2.08 bits per heavy atom. The molecule has 0 saturated carbocycles. The van der Waals surface area contributed by atoms with Crippen molar-refractivity contribution in [1.82, 2.24) is 4.90 Å². The van der Waals surface area contributed by atoms with Crippen LogP contribution in [0.4, 0.5) is 0 Å². The normalized spacial score (nSPS) is 33.3. The zero-order chi connectivity index (χ0) is 10.2. The fourth-order valence-corrected chi connectivity index (χ4v) is 1.72. The van der Waals surface area contributed by atoms with Gasteiger partial charge < -0.3 is 9.47 Å². The number of ether oxygens (including phenoxy) is 2. The number of methoxy groups -OCH3 is 1. The Balaban J connectivity index is 2.82. The molecule has 1 rings (SSSR count). The third-order valence-corrected chi connectivity index (χ3v) is 2.63. The summed E-state index contributed by atoms with van der Waals surface area (Å²) in [5, 5.41) is 0. The Morgan fingerprint density at radius 3 is 2.38 bits per heavy atom. The highest BCUT2D eigenvalue weighted by atomic mass is 16.6. The fourth-order valence-electron chi connectivity index (χ4n) is 1.72. The molecule has 0 amide bonds. The molecule has 0 bridgehead atoms. The Bertz CT molecular complexity index is 215. The van der Waals surface area contributed by atoms with E-state index in [-0.39, 0.29) is 18.1 Å². The first-order valence-corrected chi connectivity index (χ1v) is 4.38. The average Bonchev–Trinajstić information content (AvgIpc) is 2.21.